The second-order valence-corrected chi connectivity index (χ2v) is 6.70. The number of hydrogen-bond acceptors (Lipinski definition) is 1. The van der Waals surface area contributed by atoms with E-state index in [1.54, 1.807) is 0 Å². The molecule has 0 radical (unpaired) electrons. The van der Waals surface area contributed by atoms with Gasteiger partial charge in [-0.1, -0.05) is 21.9 Å². The van der Waals surface area contributed by atoms with Crippen LogP contribution in [0.4, 0.5) is 0 Å². The number of rotatable bonds is 1. The average molecular weight is 314 g/mol. The molecule has 1 aromatic carbocycles. The summed E-state index contributed by atoms with van der Waals surface area (Å²) in [6, 6.07) is 5.93. The fraction of sp³-hybridized carbons (Fsp3) is 0.429. The minimum absolute atomic E-state index is 0.00347. The van der Waals surface area contributed by atoms with Crippen molar-refractivity contribution in [1.82, 2.24) is 0 Å². The summed E-state index contributed by atoms with van der Waals surface area (Å²) in [7, 11) is 0. The molecule has 17 heavy (non-hydrogen) atoms. The van der Waals surface area contributed by atoms with Gasteiger partial charge in [-0.05, 0) is 32.0 Å². The molecule has 0 bridgehead atoms. The molecule has 0 aliphatic carbocycles. The van der Waals surface area contributed by atoms with E-state index in [1.165, 1.54) is 0 Å². The summed E-state index contributed by atoms with van der Waals surface area (Å²) in [5, 5.41) is 0. The first-order valence-electron chi connectivity index (χ1n) is 5.51. The molecule has 0 N–H and O–H groups in total. The molecule has 1 aliphatic rings. The van der Waals surface area contributed by atoms with Crippen LogP contribution in [0, 0.1) is 18.3 Å². The van der Waals surface area contributed by atoms with Crippen LogP contribution >= 0.6 is 27.5 Å². The first kappa shape index (κ1) is 12.8. The molecule has 0 amide bonds. The SMILES string of the molecule is C#CC1c2cc(Br)ccc2OCC1C(C)(C)Cl. The highest BCUT2D eigenvalue weighted by Gasteiger charge is 2.39. The number of alkyl halides is 1. The van der Waals surface area contributed by atoms with Gasteiger partial charge in [0.2, 0.25) is 0 Å². The van der Waals surface area contributed by atoms with E-state index in [4.69, 9.17) is 22.8 Å². The molecule has 2 rings (SSSR count). The fourth-order valence-electron chi connectivity index (χ4n) is 2.19. The lowest BCUT2D eigenvalue weighted by molar-refractivity contribution is 0.183. The molecule has 0 spiro atoms. The van der Waals surface area contributed by atoms with Gasteiger partial charge in [-0.2, -0.15) is 0 Å². The van der Waals surface area contributed by atoms with Crippen molar-refractivity contribution in [1.29, 1.82) is 0 Å². The first-order valence-corrected chi connectivity index (χ1v) is 6.68. The van der Waals surface area contributed by atoms with Crippen LogP contribution in [0.1, 0.15) is 25.3 Å². The van der Waals surface area contributed by atoms with Crippen molar-refractivity contribution in [3.05, 3.63) is 28.2 Å². The van der Waals surface area contributed by atoms with Crippen molar-refractivity contribution in [2.24, 2.45) is 5.92 Å². The van der Waals surface area contributed by atoms with Gasteiger partial charge in [-0.25, -0.2) is 0 Å². The van der Waals surface area contributed by atoms with E-state index in [-0.39, 0.29) is 16.7 Å². The van der Waals surface area contributed by atoms with E-state index >= 15 is 0 Å². The highest BCUT2D eigenvalue weighted by atomic mass is 79.9. The highest BCUT2D eigenvalue weighted by Crippen LogP contribution is 2.44. The molecule has 2 atom stereocenters. The minimum Gasteiger partial charge on any atom is -0.493 e. The number of hydrogen-bond donors (Lipinski definition) is 0. The van der Waals surface area contributed by atoms with Crippen molar-refractivity contribution in [3.63, 3.8) is 0 Å². The summed E-state index contributed by atoms with van der Waals surface area (Å²) in [5.41, 5.74) is 1.05. The van der Waals surface area contributed by atoms with Crippen LogP contribution in [0.2, 0.25) is 0 Å². The molecular weight excluding hydrogens is 300 g/mol. The van der Waals surface area contributed by atoms with Gasteiger partial charge in [0.05, 0.1) is 12.5 Å². The third-order valence-corrected chi connectivity index (χ3v) is 3.96. The van der Waals surface area contributed by atoms with Gasteiger partial charge in [-0.15, -0.1) is 18.0 Å². The molecular formula is C14H14BrClO. The van der Waals surface area contributed by atoms with Crippen molar-refractivity contribution in [3.8, 4) is 18.1 Å². The largest absolute Gasteiger partial charge is 0.493 e. The Labute approximate surface area is 116 Å². The van der Waals surface area contributed by atoms with Crippen molar-refractivity contribution >= 4 is 27.5 Å². The van der Waals surface area contributed by atoms with E-state index in [9.17, 15) is 0 Å². The Balaban J connectivity index is 2.47. The molecule has 0 aromatic heterocycles. The third kappa shape index (κ3) is 2.46. The molecule has 3 heteroatoms. The molecule has 1 aliphatic heterocycles. The summed E-state index contributed by atoms with van der Waals surface area (Å²) in [6.07, 6.45) is 5.68. The van der Waals surface area contributed by atoms with Crippen LogP contribution in [-0.2, 0) is 0 Å². The summed E-state index contributed by atoms with van der Waals surface area (Å²) < 4.78 is 6.76. The first-order chi connectivity index (χ1) is 7.93. The van der Waals surface area contributed by atoms with Gasteiger partial charge >= 0.3 is 0 Å². The molecule has 1 aromatic rings. The maximum absolute atomic E-state index is 6.40. The van der Waals surface area contributed by atoms with Crippen LogP contribution in [-0.4, -0.2) is 11.5 Å². The van der Waals surface area contributed by atoms with Gasteiger partial charge in [0.15, 0.2) is 0 Å². The topological polar surface area (TPSA) is 9.23 Å². The average Bonchev–Trinajstić information content (AvgIpc) is 2.26. The van der Waals surface area contributed by atoms with E-state index in [1.807, 2.05) is 32.0 Å². The van der Waals surface area contributed by atoms with Gasteiger partial charge < -0.3 is 4.74 Å². The molecule has 1 nitrogen and oxygen atoms in total. The van der Waals surface area contributed by atoms with Crippen molar-refractivity contribution in [2.75, 3.05) is 6.61 Å². The van der Waals surface area contributed by atoms with E-state index in [2.05, 4.69) is 21.9 Å². The Hall–Kier alpha value is -0.650. The standard InChI is InChI=1S/C14H14BrClO/c1-4-10-11-7-9(15)5-6-13(11)17-8-12(10)14(2,3)16/h1,5-7,10,12H,8H2,2-3H3. The fourth-order valence-corrected chi connectivity index (χ4v) is 2.75. The van der Waals surface area contributed by atoms with Crippen LogP contribution in [0.25, 0.3) is 0 Å². The molecule has 0 saturated carbocycles. The quantitative estimate of drug-likeness (QED) is 0.558. The molecule has 0 saturated heterocycles. The Kier molecular flexibility index (Phi) is 3.43. The third-order valence-electron chi connectivity index (χ3n) is 3.19. The van der Waals surface area contributed by atoms with Crippen LogP contribution in [0.15, 0.2) is 22.7 Å². The lowest BCUT2D eigenvalue weighted by atomic mass is 9.78. The zero-order valence-electron chi connectivity index (χ0n) is 9.84. The Morgan fingerprint density at radius 3 is 2.82 bits per heavy atom. The molecule has 90 valence electrons. The summed E-state index contributed by atoms with van der Waals surface area (Å²) in [6.45, 7) is 4.53. The second-order valence-electron chi connectivity index (χ2n) is 4.81. The minimum atomic E-state index is -0.378. The molecule has 2 unspecified atom stereocenters. The van der Waals surface area contributed by atoms with Gasteiger partial charge in [-0.3, -0.25) is 0 Å². The van der Waals surface area contributed by atoms with Gasteiger partial charge in [0.1, 0.15) is 5.75 Å². The smallest absolute Gasteiger partial charge is 0.123 e. The van der Waals surface area contributed by atoms with Crippen LogP contribution in [0.3, 0.4) is 0 Å². The number of terminal acetylenes is 1. The Morgan fingerprint density at radius 2 is 2.24 bits per heavy atom. The maximum Gasteiger partial charge on any atom is 0.123 e. The lowest BCUT2D eigenvalue weighted by Crippen LogP contribution is -2.37. The molecule has 1 heterocycles. The molecule has 0 fully saturated rings. The Morgan fingerprint density at radius 1 is 1.53 bits per heavy atom. The van der Waals surface area contributed by atoms with Crippen LogP contribution in [0.5, 0.6) is 5.75 Å². The zero-order chi connectivity index (χ0) is 12.6. The summed E-state index contributed by atoms with van der Waals surface area (Å²) in [4.78, 5) is -0.378. The van der Waals surface area contributed by atoms with E-state index < -0.39 is 0 Å². The lowest BCUT2D eigenvalue weighted by Gasteiger charge is -2.37. The van der Waals surface area contributed by atoms with Gasteiger partial charge in [0, 0.05) is 20.8 Å². The van der Waals surface area contributed by atoms with E-state index in [0.717, 1.165) is 15.8 Å². The number of ether oxygens (including phenoxy) is 1. The number of benzene rings is 1. The Bertz CT molecular complexity index is 470. The summed E-state index contributed by atoms with van der Waals surface area (Å²) >= 11 is 9.86. The zero-order valence-corrected chi connectivity index (χ0v) is 12.2. The number of fused-ring (bicyclic) bond motifs is 1. The number of halogens is 2. The van der Waals surface area contributed by atoms with Crippen molar-refractivity contribution < 1.29 is 4.74 Å². The van der Waals surface area contributed by atoms with E-state index in [0.29, 0.717) is 6.61 Å². The maximum atomic E-state index is 6.40. The predicted octanol–water partition coefficient (Wildman–Crippen LogP) is 4.19. The summed E-state index contributed by atoms with van der Waals surface area (Å²) in [5.74, 6) is 3.85. The normalized spacial score (nSPS) is 23.5. The van der Waals surface area contributed by atoms with Crippen molar-refractivity contribution in [2.45, 2.75) is 24.6 Å². The monoisotopic (exact) mass is 312 g/mol. The second kappa shape index (κ2) is 4.55. The highest BCUT2D eigenvalue weighted by molar-refractivity contribution is 9.10. The van der Waals surface area contributed by atoms with Gasteiger partial charge in [0.25, 0.3) is 0 Å². The predicted molar refractivity (Wildman–Crippen MR) is 74.6 cm³/mol. The van der Waals surface area contributed by atoms with Crippen LogP contribution < -0.4 is 4.74 Å².